The van der Waals surface area contributed by atoms with Gasteiger partial charge in [0.2, 0.25) is 0 Å². The lowest BCUT2D eigenvalue weighted by molar-refractivity contribution is 0.101. The van der Waals surface area contributed by atoms with Gasteiger partial charge in [0.25, 0.3) is 5.91 Å². The van der Waals surface area contributed by atoms with Crippen molar-refractivity contribution in [2.75, 3.05) is 18.2 Å². The second-order valence-corrected chi connectivity index (χ2v) is 4.14. The van der Waals surface area contributed by atoms with Crippen LogP contribution < -0.4 is 11.1 Å². The third-order valence-corrected chi connectivity index (χ3v) is 2.58. The number of ether oxygens (including phenoxy) is 1. The van der Waals surface area contributed by atoms with Crippen molar-refractivity contribution in [1.29, 1.82) is 0 Å². The predicted octanol–water partition coefficient (Wildman–Crippen LogP) is 1.96. The van der Waals surface area contributed by atoms with Crippen LogP contribution in [-0.2, 0) is 11.3 Å². The third-order valence-electron chi connectivity index (χ3n) is 2.58. The van der Waals surface area contributed by atoms with Gasteiger partial charge < -0.3 is 20.3 Å². The maximum Gasteiger partial charge on any atom is 0.277 e. The van der Waals surface area contributed by atoms with Crippen LogP contribution in [0.2, 0.25) is 0 Å². The summed E-state index contributed by atoms with van der Waals surface area (Å²) in [7, 11) is 1.54. The van der Waals surface area contributed by atoms with E-state index in [9.17, 15) is 4.79 Å². The van der Waals surface area contributed by atoms with Gasteiger partial charge in [0.1, 0.15) is 6.61 Å². The normalized spacial score (nSPS) is 10.4. The molecule has 1 heterocycles. The third kappa shape index (κ3) is 3.11. The number of carbonyl (C=O) groups excluding carboxylic acids is 1. The van der Waals surface area contributed by atoms with Crippen LogP contribution in [0.5, 0.6) is 0 Å². The quantitative estimate of drug-likeness (QED) is 0.821. The highest BCUT2D eigenvalue weighted by atomic mass is 16.5. The van der Waals surface area contributed by atoms with Crippen LogP contribution in [0, 0.1) is 6.92 Å². The van der Waals surface area contributed by atoms with E-state index < -0.39 is 0 Å². The lowest BCUT2D eigenvalue weighted by Crippen LogP contribution is -2.13. The molecule has 100 valence electrons. The van der Waals surface area contributed by atoms with E-state index >= 15 is 0 Å². The average Bonchev–Trinajstić information content (AvgIpc) is 2.82. The Hall–Kier alpha value is -2.34. The van der Waals surface area contributed by atoms with Gasteiger partial charge in [-0.2, -0.15) is 0 Å². The van der Waals surface area contributed by atoms with Crippen LogP contribution in [0.4, 0.5) is 11.4 Å². The number of nitrogen functional groups attached to an aromatic ring is 1. The summed E-state index contributed by atoms with van der Waals surface area (Å²) in [5, 5.41) is 6.44. The molecule has 0 spiro atoms. The van der Waals surface area contributed by atoms with Crippen LogP contribution in [0.1, 0.15) is 21.8 Å². The lowest BCUT2D eigenvalue weighted by Gasteiger charge is -2.07. The van der Waals surface area contributed by atoms with Gasteiger partial charge in [0.05, 0.1) is 0 Å². The highest BCUT2D eigenvalue weighted by Gasteiger charge is 2.13. The molecule has 0 fully saturated rings. The first-order chi connectivity index (χ1) is 9.10. The van der Waals surface area contributed by atoms with Crippen molar-refractivity contribution >= 4 is 17.3 Å². The minimum absolute atomic E-state index is 0.211. The summed E-state index contributed by atoms with van der Waals surface area (Å²) in [5.41, 5.74) is 8.09. The minimum Gasteiger partial charge on any atom is -0.399 e. The van der Waals surface area contributed by atoms with Gasteiger partial charge in [-0.15, -0.1) is 0 Å². The number of hydrogen-bond donors (Lipinski definition) is 2. The van der Waals surface area contributed by atoms with E-state index in [0.29, 0.717) is 17.1 Å². The van der Waals surface area contributed by atoms with E-state index in [1.807, 2.05) is 6.92 Å². The molecule has 1 aromatic heterocycles. The molecule has 6 heteroatoms. The Balaban J connectivity index is 2.11. The number of hydrogen-bond acceptors (Lipinski definition) is 5. The zero-order chi connectivity index (χ0) is 13.8. The van der Waals surface area contributed by atoms with Crippen molar-refractivity contribution in [2.24, 2.45) is 0 Å². The van der Waals surface area contributed by atoms with E-state index in [0.717, 1.165) is 5.56 Å². The second kappa shape index (κ2) is 5.53. The number of aromatic nitrogens is 1. The number of anilines is 2. The molecule has 0 bridgehead atoms. The smallest absolute Gasteiger partial charge is 0.277 e. The van der Waals surface area contributed by atoms with E-state index in [1.165, 1.54) is 0 Å². The molecule has 0 atom stereocenters. The summed E-state index contributed by atoms with van der Waals surface area (Å²) in [4.78, 5) is 12.0. The molecule has 2 aromatic rings. The highest BCUT2D eigenvalue weighted by molar-refractivity contribution is 6.03. The number of nitrogens with two attached hydrogens (primary N) is 1. The molecule has 0 radical (unpaired) electrons. The van der Waals surface area contributed by atoms with Crippen LogP contribution in [0.15, 0.2) is 28.8 Å². The number of aryl methyl sites for hydroxylation is 1. The molecule has 2 rings (SSSR count). The van der Waals surface area contributed by atoms with E-state index in [-0.39, 0.29) is 18.2 Å². The first-order valence-corrected chi connectivity index (χ1v) is 5.72. The number of amides is 1. The zero-order valence-corrected chi connectivity index (χ0v) is 10.8. The molecule has 19 heavy (non-hydrogen) atoms. The van der Waals surface area contributed by atoms with E-state index in [1.54, 1.807) is 31.4 Å². The van der Waals surface area contributed by atoms with E-state index in [4.69, 9.17) is 15.0 Å². The molecule has 1 amide bonds. The molecule has 0 saturated carbocycles. The summed E-state index contributed by atoms with van der Waals surface area (Å²) in [5.74, 6) is 0.167. The fraction of sp³-hybridized carbons (Fsp3) is 0.231. The van der Waals surface area contributed by atoms with Gasteiger partial charge in [-0.05, 0) is 30.7 Å². The Labute approximate surface area is 110 Å². The molecule has 3 N–H and O–H groups in total. The van der Waals surface area contributed by atoms with Crippen LogP contribution >= 0.6 is 0 Å². The summed E-state index contributed by atoms with van der Waals surface area (Å²) >= 11 is 0. The van der Waals surface area contributed by atoms with Gasteiger partial charge in [-0.25, -0.2) is 0 Å². The zero-order valence-electron chi connectivity index (χ0n) is 10.8. The maximum atomic E-state index is 12.0. The molecular formula is C13H15N3O3. The Morgan fingerprint density at radius 2 is 2.26 bits per heavy atom. The number of rotatable bonds is 4. The minimum atomic E-state index is -0.334. The monoisotopic (exact) mass is 261 g/mol. The highest BCUT2D eigenvalue weighted by Crippen LogP contribution is 2.18. The molecular weight excluding hydrogens is 246 g/mol. The maximum absolute atomic E-state index is 12.0. The number of carbonyl (C=O) groups is 1. The fourth-order valence-electron chi connectivity index (χ4n) is 1.64. The van der Waals surface area contributed by atoms with Crippen molar-refractivity contribution < 1.29 is 14.1 Å². The summed E-state index contributed by atoms with van der Waals surface area (Å²) in [6, 6.07) is 6.81. The summed E-state index contributed by atoms with van der Waals surface area (Å²) in [6.07, 6.45) is 0. The molecule has 1 aromatic carbocycles. The van der Waals surface area contributed by atoms with Crippen molar-refractivity contribution in [1.82, 2.24) is 5.16 Å². The van der Waals surface area contributed by atoms with Crippen molar-refractivity contribution in [3.05, 3.63) is 41.3 Å². The van der Waals surface area contributed by atoms with Crippen molar-refractivity contribution in [3.8, 4) is 0 Å². The molecule has 6 nitrogen and oxygen atoms in total. The van der Waals surface area contributed by atoms with E-state index in [2.05, 4.69) is 10.5 Å². The van der Waals surface area contributed by atoms with Gasteiger partial charge >= 0.3 is 0 Å². The van der Waals surface area contributed by atoms with Gasteiger partial charge in [0.15, 0.2) is 11.5 Å². The SMILES string of the molecule is COCc1cc(C(=O)Nc2ccc(N)cc2C)no1. The first-order valence-electron chi connectivity index (χ1n) is 5.72. The standard InChI is InChI=1S/C13H15N3O3/c1-8-5-9(14)3-4-11(8)15-13(17)12-6-10(7-18-2)19-16-12/h3-6H,7,14H2,1-2H3,(H,15,17). The predicted molar refractivity (Wildman–Crippen MR) is 70.8 cm³/mol. The van der Waals surface area contributed by atoms with Gasteiger partial charge in [-0.3, -0.25) is 4.79 Å². The largest absolute Gasteiger partial charge is 0.399 e. The van der Waals surface area contributed by atoms with Crippen LogP contribution in [-0.4, -0.2) is 18.2 Å². The number of methoxy groups -OCH3 is 1. The Kier molecular flexibility index (Phi) is 3.82. The van der Waals surface area contributed by atoms with Crippen molar-refractivity contribution in [2.45, 2.75) is 13.5 Å². The Morgan fingerprint density at radius 1 is 1.47 bits per heavy atom. The summed E-state index contributed by atoms with van der Waals surface area (Å²) in [6.45, 7) is 2.15. The Morgan fingerprint density at radius 3 is 2.95 bits per heavy atom. The number of benzene rings is 1. The van der Waals surface area contributed by atoms with Crippen LogP contribution in [0.3, 0.4) is 0 Å². The fourth-order valence-corrected chi connectivity index (χ4v) is 1.64. The van der Waals surface area contributed by atoms with Gasteiger partial charge in [0, 0.05) is 24.6 Å². The lowest BCUT2D eigenvalue weighted by atomic mass is 10.2. The second-order valence-electron chi connectivity index (χ2n) is 4.14. The number of nitrogens with one attached hydrogen (secondary N) is 1. The molecule has 0 aliphatic heterocycles. The average molecular weight is 261 g/mol. The van der Waals surface area contributed by atoms with Gasteiger partial charge in [-0.1, -0.05) is 5.16 Å². The Bertz CT molecular complexity index is 593. The molecule has 0 aliphatic carbocycles. The first kappa shape index (κ1) is 13.1. The topological polar surface area (TPSA) is 90.4 Å². The van der Waals surface area contributed by atoms with Crippen LogP contribution in [0.25, 0.3) is 0 Å². The molecule has 0 saturated heterocycles. The van der Waals surface area contributed by atoms with Crippen molar-refractivity contribution in [3.63, 3.8) is 0 Å². The molecule has 0 aliphatic rings. The number of nitrogens with zero attached hydrogens (tertiary/aromatic N) is 1. The summed E-state index contributed by atoms with van der Waals surface area (Å²) < 4.78 is 9.85. The molecule has 0 unspecified atom stereocenters.